The molecule has 2 aromatic rings. The summed E-state index contributed by atoms with van der Waals surface area (Å²) in [7, 11) is 0. The highest BCUT2D eigenvalue weighted by atomic mass is 35.5. The van der Waals surface area contributed by atoms with Gasteiger partial charge < -0.3 is 5.73 Å². The van der Waals surface area contributed by atoms with Crippen LogP contribution in [0.25, 0.3) is 10.4 Å². The third-order valence-electron chi connectivity index (χ3n) is 2.66. The first kappa shape index (κ1) is 12.0. The van der Waals surface area contributed by atoms with Gasteiger partial charge in [0, 0.05) is 15.5 Å². The van der Waals surface area contributed by atoms with Gasteiger partial charge in [-0.15, -0.1) is 11.3 Å². The summed E-state index contributed by atoms with van der Waals surface area (Å²) in [5, 5.41) is 9.66. The molecule has 0 saturated heterocycles. The molecule has 0 unspecified atom stereocenters. The van der Waals surface area contributed by atoms with E-state index in [9.17, 15) is 0 Å². The molecule has 0 amide bonds. The van der Waals surface area contributed by atoms with E-state index in [4.69, 9.17) is 22.6 Å². The number of nitrogens with two attached hydrogens (primary N) is 1. The summed E-state index contributed by atoms with van der Waals surface area (Å²) in [4.78, 5) is 1.53. The molecule has 86 valence electrons. The fraction of sp³-hybridized carbons (Fsp3) is 0.154. The number of aryl methyl sites for hydroxylation is 1. The molecule has 0 spiro atoms. The highest BCUT2D eigenvalue weighted by Crippen LogP contribution is 2.40. The zero-order chi connectivity index (χ0) is 12.6. The van der Waals surface area contributed by atoms with Crippen LogP contribution < -0.4 is 5.73 Å². The minimum Gasteiger partial charge on any atom is -0.397 e. The number of benzene rings is 1. The Labute approximate surface area is 109 Å². The van der Waals surface area contributed by atoms with Crippen LogP contribution in [0.1, 0.15) is 16.0 Å². The Morgan fingerprint density at radius 2 is 2.06 bits per heavy atom. The van der Waals surface area contributed by atoms with Gasteiger partial charge in [0.2, 0.25) is 0 Å². The molecule has 0 aliphatic carbocycles. The van der Waals surface area contributed by atoms with E-state index >= 15 is 0 Å². The number of hydrogen-bond donors (Lipinski definition) is 1. The zero-order valence-electron chi connectivity index (χ0n) is 9.54. The lowest BCUT2D eigenvalue weighted by molar-refractivity contribution is 1.46. The standard InChI is InChI=1S/C13H11ClN2S/c1-7-3-4-9(10(14)5-7)13-8(2)12(16)11(6-15)17-13/h3-5H,16H2,1-2H3. The maximum Gasteiger partial charge on any atom is 0.128 e. The highest BCUT2D eigenvalue weighted by Gasteiger charge is 2.15. The molecule has 0 bridgehead atoms. The lowest BCUT2D eigenvalue weighted by Gasteiger charge is -2.04. The molecule has 4 heteroatoms. The van der Waals surface area contributed by atoms with E-state index in [2.05, 4.69) is 6.07 Å². The Kier molecular flexibility index (Phi) is 3.10. The molecule has 17 heavy (non-hydrogen) atoms. The van der Waals surface area contributed by atoms with Crippen LogP contribution in [0.2, 0.25) is 5.02 Å². The second kappa shape index (κ2) is 4.40. The van der Waals surface area contributed by atoms with E-state index in [-0.39, 0.29) is 0 Å². The molecule has 0 radical (unpaired) electrons. The first-order valence-corrected chi connectivity index (χ1v) is 6.29. The van der Waals surface area contributed by atoms with Gasteiger partial charge in [-0.05, 0) is 31.0 Å². The Balaban J connectivity index is 2.65. The molecule has 1 aromatic heterocycles. The van der Waals surface area contributed by atoms with E-state index in [0.29, 0.717) is 15.6 Å². The van der Waals surface area contributed by atoms with Gasteiger partial charge in [0.05, 0.1) is 5.69 Å². The van der Waals surface area contributed by atoms with Crippen molar-refractivity contribution < 1.29 is 0 Å². The Morgan fingerprint density at radius 3 is 2.59 bits per heavy atom. The van der Waals surface area contributed by atoms with Crippen molar-refractivity contribution in [1.82, 2.24) is 0 Å². The van der Waals surface area contributed by atoms with Crippen molar-refractivity contribution in [3.8, 4) is 16.5 Å². The van der Waals surface area contributed by atoms with Gasteiger partial charge in [-0.3, -0.25) is 0 Å². The molecule has 2 N–H and O–H groups in total. The van der Waals surface area contributed by atoms with E-state index < -0.39 is 0 Å². The molecule has 2 nitrogen and oxygen atoms in total. The molecule has 0 aliphatic rings. The van der Waals surface area contributed by atoms with Gasteiger partial charge in [0.1, 0.15) is 10.9 Å². The monoisotopic (exact) mass is 262 g/mol. The van der Waals surface area contributed by atoms with Crippen LogP contribution >= 0.6 is 22.9 Å². The molecule has 1 aromatic carbocycles. The maximum atomic E-state index is 8.96. The fourth-order valence-corrected chi connectivity index (χ4v) is 3.12. The molecule has 0 aliphatic heterocycles. The summed E-state index contributed by atoms with van der Waals surface area (Å²) >= 11 is 7.61. The summed E-state index contributed by atoms with van der Waals surface area (Å²) in [6.45, 7) is 3.91. The Morgan fingerprint density at radius 1 is 1.35 bits per heavy atom. The number of nitrogens with zero attached hydrogens (tertiary/aromatic N) is 1. The third kappa shape index (κ3) is 2.02. The van der Waals surface area contributed by atoms with Crippen LogP contribution in [-0.4, -0.2) is 0 Å². The van der Waals surface area contributed by atoms with Crippen molar-refractivity contribution in [3.63, 3.8) is 0 Å². The molecule has 0 fully saturated rings. The number of anilines is 1. The fourth-order valence-electron chi connectivity index (χ4n) is 1.67. The van der Waals surface area contributed by atoms with E-state index in [1.165, 1.54) is 11.3 Å². The number of nitrogen functional groups attached to an aromatic ring is 1. The van der Waals surface area contributed by atoms with Crippen molar-refractivity contribution in [2.75, 3.05) is 5.73 Å². The quantitative estimate of drug-likeness (QED) is 0.840. The molecular weight excluding hydrogens is 252 g/mol. The van der Waals surface area contributed by atoms with E-state index in [1.807, 2.05) is 32.0 Å². The molecule has 2 rings (SSSR count). The van der Waals surface area contributed by atoms with Crippen LogP contribution in [0.4, 0.5) is 5.69 Å². The zero-order valence-corrected chi connectivity index (χ0v) is 11.1. The predicted octanol–water partition coefficient (Wildman–Crippen LogP) is 4.14. The first-order chi connectivity index (χ1) is 8.04. The Hall–Kier alpha value is -1.50. The average molecular weight is 263 g/mol. The largest absolute Gasteiger partial charge is 0.397 e. The summed E-state index contributed by atoms with van der Waals surface area (Å²) in [5.74, 6) is 0. The van der Waals surface area contributed by atoms with Crippen molar-refractivity contribution in [3.05, 3.63) is 39.2 Å². The normalized spacial score (nSPS) is 10.2. The van der Waals surface area contributed by atoms with Crippen LogP contribution in [0, 0.1) is 25.2 Å². The minimum atomic E-state index is 0.550. The van der Waals surface area contributed by atoms with Crippen LogP contribution in [0.15, 0.2) is 18.2 Å². The molecule has 0 atom stereocenters. The number of hydrogen-bond acceptors (Lipinski definition) is 3. The maximum absolute atomic E-state index is 8.96. The summed E-state index contributed by atoms with van der Waals surface area (Å²) < 4.78 is 0. The number of nitriles is 1. The van der Waals surface area contributed by atoms with Crippen LogP contribution in [-0.2, 0) is 0 Å². The van der Waals surface area contributed by atoms with Crippen molar-refractivity contribution >= 4 is 28.6 Å². The first-order valence-electron chi connectivity index (χ1n) is 5.10. The summed E-state index contributed by atoms with van der Waals surface area (Å²) in [5.41, 5.74) is 9.41. The van der Waals surface area contributed by atoms with Gasteiger partial charge in [-0.2, -0.15) is 5.26 Å². The second-order valence-electron chi connectivity index (χ2n) is 3.89. The smallest absolute Gasteiger partial charge is 0.128 e. The van der Waals surface area contributed by atoms with Gasteiger partial charge in [0.25, 0.3) is 0 Å². The lowest BCUT2D eigenvalue weighted by Crippen LogP contribution is -1.87. The van der Waals surface area contributed by atoms with Crippen molar-refractivity contribution in [2.45, 2.75) is 13.8 Å². The van der Waals surface area contributed by atoms with Gasteiger partial charge in [-0.1, -0.05) is 23.7 Å². The average Bonchev–Trinajstić information content (AvgIpc) is 2.57. The third-order valence-corrected chi connectivity index (χ3v) is 4.22. The molecule has 0 saturated carbocycles. The second-order valence-corrected chi connectivity index (χ2v) is 5.32. The Bertz CT molecular complexity index is 623. The topological polar surface area (TPSA) is 49.8 Å². The number of halogens is 1. The van der Waals surface area contributed by atoms with E-state index in [0.717, 1.165) is 21.6 Å². The van der Waals surface area contributed by atoms with E-state index in [1.54, 1.807) is 0 Å². The van der Waals surface area contributed by atoms with Gasteiger partial charge >= 0.3 is 0 Å². The van der Waals surface area contributed by atoms with Crippen LogP contribution in [0.3, 0.4) is 0 Å². The van der Waals surface area contributed by atoms with Gasteiger partial charge in [0.15, 0.2) is 0 Å². The predicted molar refractivity (Wildman–Crippen MR) is 73.4 cm³/mol. The number of rotatable bonds is 1. The van der Waals surface area contributed by atoms with Gasteiger partial charge in [-0.25, -0.2) is 0 Å². The number of thiophene rings is 1. The minimum absolute atomic E-state index is 0.550. The molecule has 1 heterocycles. The summed E-state index contributed by atoms with van der Waals surface area (Å²) in [6, 6.07) is 7.99. The van der Waals surface area contributed by atoms with Crippen molar-refractivity contribution in [2.24, 2.45) is 0 Å². The lowest BCUT2D eigenvalue weighted by atomic mass is 10.1. The van der Waals surface area contributed by atoms with Crippen LogP contribution in [0.5, 0.6) is 0 Å². The SMILES string of the molecule is Cc1ccc(-c2sc(C#N)c(N)c2C)c(Cl)c1. The summed E-state index contributed by atoms with van der Waals surface area (Å²) in [6.07, 6.45) is 0. The van der Waals surface area contributed by atoms with Crippen molar-refractivity contribution in [1.29, 1.82) is 5.26 Å². The highest BCUT2D eigenvalue weighted by molar-refractivity contribution is 7.16. The molecular formula is C13H11ClN2S.